The minimum Gasteiger partial charge on any atom is -0.461 e. The molecule has 3 nitrogen and oxygen atoms in total. The van der Waals surface area contributed by atoms with Crippen molar-refractivity contribution in [2.45, 2.75) is 46.5 Å². The number of hydrogen-bond acceptors (Lipinski definition) is 3. The maximum absolute atomic E-state index is 12.5. The molecule has 2 aromatic heterocycles. The van der Waals surface area contributed by atoms with Gasteiger partial charge in [0, 0.05) is 28.0 Å². The minimum atomic E-state index is -0.220. The molecule has 0 fully saturated rings. The quantitative estimate of drug-likeness (QED) is 0.299. The molecule has 2 aromatic carbocycles. The molecule has 0 unspecified atom stereocenters. The Morgan fingerprint density at radius 2 is 1.63 bits per heavy atom. The van der Waals surface area contributed by atoms with Crippen LogP contribution in [0.4, 0.5) is 0 Å². The highest BCUT2D eigenvalue weighted by molar-refractivity contribution is 6.03. The molecule has 2 heterocycles. The zero-order chi connectivity index (χ0) is 19.0. The summed E-state index contributed by atoms with van der Waals surface area (Å²) in [6, 6.07) is 14.2. The third-order valence-electron chi connectivity index (χ3n) is 5.36. The van der Waals surface area contributed by atoms with Crippen molar-refractivity contribution in [1.29, 1.82) is 0 Å². The molecule has 0 radical (unpaired) electrons. The lowest BCUT2D eigenvalue weighted by Crippen LogP contribution is -2.10. The van der Waals surface area contributed by atoms with E-state index in [1.165, 1.54) is 0 Å². The molecule has 0 saturated carbocycles. The Morgan fingerprint density at radius 3 is 2.37 bits per heavy atom. The van der Waals surface area contributed by atoms with Crippen molar-refractivity contribution in [2.75, 3.05) is 0 Å². The number of unbranched alkanes of at least 4 members (excludes halogenated alkanes) is 2. The number of hydrogen-bond donors (Lipinski definition) is 0. The minimum absolute atomic E-state index is 0.220. The van der Waals surface area contributed by atoms with E-state index in [9.17, 15) is 4.79 Å². The van der Waals surface area contributed by atoms with Gasteiger partial charge in [0.2, 0.25) is 0 Å². The topological polar surface area (TPSA) is 43.4 Å². The first-order valence-electron chi connectivity index (χ1n) is 9.65. The first-order valence-corrected chi connectivity index (χ1v) is 9.65. The van der Waals surface area contributed by atoms with Gasteiger partial charge < -0.3 is 8.83 Å². The summed E-state index contributed by atoms with van der Waals surface area (Å²) in [6.45, 7) is 6.17. The van der Waals surface area contributed by atoms with Crippen LogP contribution < -0.4 is 5.63 Å². The van der Waals surface area contributed by atoms with Gasteiger partial charge in [-0.05, 0) is 43.9 Å². The molecule has 4 rings (SSSR count). The van der Waals surface area contributed by atoms with Crippen LogP contribution in [0.3, 0.4) is 0 Å². The summed E-state index contributed by atoms with van der Waals surface area (Å²) in [5.74, 6) is 0.870. The Kier molecular flexibility index (Phi) is 4.61. The predicted octanol–water partition coefficient (Wildman–Crippen LogP) is 6.56. The number of fused-ring (bicyclic) bond motifs is 2. The summed E-state index contributed by atoms with van der Waals surface area (Å²) in [5.41, 5.74) is 5.19. The Morgan fingerprint density at radius 1 is 0.889 bits per heavy atom. The zero-order valence-corrected chi connectivity index (χ0v) is 16.1. The standard InChI is InChI=1S/C24H24O3/c1-4-5-7-12-18-15(2)19-13-20-22(14-21(19)27-24(18)25)26-16(3)23(20)17-10-8-6-9-11-17/h6,8-11,13-14H,4-5,7,12H2,1-3H3. The molecule has 0 bridgehead atoms. The van der Waals surface area contributed by atoms with Crippen LogP contribution >= 0.6 is 0 Å². The normalized spacial score (nSPS) is 11.5. The molecule has 4 aromatic rings. The summed E-state index contributed by atoms with van der Waals surface area (Å²) < 4.78 is 11.6. The first kappa shape index (κ1) is 17.6. The summed E-state index contributed by atoms with van der Waals surface area (Å²) >= 11 is 0. The fraction of sp³-hybridized carbons (Fsp3) is 0.292. The van der Waals surface area contributed by atoms with E-state index < -0.39 is 0 Å². The van der Waals surface area contributed by atoms with Crippen molar-refractivity contribution in [3.8, 4) is 11.1 Å². The molecule has 0 aliphatic heterocycles. The second kappa shape index (κ2) is 7.07. The highest BCUT2D eigenvalue weighted by Gasteiger charge is 2.17. The van der Waals surface area contributed by atoms with Crippen molar-refractivity contribution in [2.24, 2.45) is 0 Å². The van der Waals surface area contributed by atoms with Crippen LogP contribution in [0, 0.1) is 13.8 Å². The van der Waals surface area contributed by atoms with Crippen LogP contribution in [0.5, 0.6) is 0 Å². The Labute approximate surface area is 158 Å². The van der Waals surface area contributed by atoms with Gasteiger partial charge in [0.05, 0.1) is 0 Å². The van der Waals surface area contributed by atoms with E-state index in [0.717, 1.165) is 70.1 Å². The Bertz CT molecular complexity index is 1160. The number of rotatable bonds is 5. The number of furan rings is 1. The summed E-state index contributed by atoms with van der Waals surface area (Å²) in [6.07, 6.45) is 4.03. The zero-order valence-electron chi connectivity index (χ0n) is 16.1. The lowest BCUT2D eigenvalue weighted by atomic mass is 9.97. The van der Waals surface area contributed by atoms with Crippen molar-refractivity contribution in [1.82, 2.24) is 0 Å². The highest BCUT2D eigenvalue weighted by atomic mass is 16.4. The Hall–Kier alpha value is -2.81. The molecular formula is C24H24O3. The van der Waals surface area contributed by atoms with E-state index in [1.54, 1.807) is 0 Å². The SMILES string of the molecule is CCCCCc1c(C)c2cc3c(-c4ccccc4)c(C)oc3cc2oc1=O. The summed E-state index contributed by atoms with van der Waals surface area (Å²) in [7, 11) is 0. The lowest BCUT2D eigenvalue weighted by molar-refractivity contribution is 0.541. The molecule has 0 N–H and O–H groups in total. The van der Waals surface area contributed by atoms with Gasteiger partial charge in [-0.3, -0.25) is 0 Å². The number of benzene rings is 2. The summed E-state index contributed by atoms with van der Waals surface area (Å²) in [5, 5.41) is 2.05. The van der Waals surface area contributed by atoms with Crippen molar-refractivity contribution < 1.29 is 8.83 Å². The van der Waals surface area contributed by atoms with Gasteiger partial charge in [0.25, 0.3) is 0 Å². The molecule has 0 spiro atoms. The van der Waals surface area contributed by atoms with E-state index in [4.69, 9.17) is 8.83 Å². The molecule has 0 amide bonds. The predicted molar refractivity (Wildman–Crippen MR) is 110 cm³/mol. The molecular weight excluding hydrogens is 336 g/mol. The number of aryl methyl sites for hydroxylation is 2. The summed E-state index contributed by atoms with van der Waals surface area (Å²) in [4.78, 5) is 12.5. The van der Waals surface area contributed by atoms with Crippen LogP contribution in [0.1, 0.15) is 43.1 Å². The first-order chi connectivity index (χ1) is 13.1. The highest BCUT2D eigenvalue weighted by Crippen LogP contribution is 2.37. The molecule has 27 heavy (non-hydrogen) atoms. The van der Waals surface area contributed by atoms with Crippen LogP contribution in [0.25, 0.3) is 33.1 Å². The van der Waals surface area contributed by atoms with E-state index in [-0.39, 0.29) is 5.63 Å². The molecule has 0 atom stereocenters. The van der Waals surface area contributed by atoms with E-state index >= 15 is 0 Å². The van der Waals surface area contributed by atoms with E-state index in [2.05, 4.69) is 25.1 Å². The third-order valence-corrected chi connectivity index (χ3v) is 5.36. The average molecular weight is 360 g/mol. The van der Waals surface area contributed by atoms with E-state index in [1.807, 2.05) is 38.1 Å². The molecule has 3 heteroatoms. The van der Waals surface area contributed by atoms with Crippen molar-refractivity contribution in [3.63, 3.8) is 0 Å². The average Bonchev–Trinajstić information content (AvgIpc) is 2.98. The van der Waals surface area contributed by atoms with Gasteiger partial charge in [-0.2, -0.15) is 0 Å². The van der Waals surface area contributed by atoms with E-state index in [0.29, 0.717) is 5.58 Å². The van der Waals surface area contributed by atoms with Crippen LogP contribution in [-0.2, 0) is 6.42 Å². The fourth-order valence-electron chi connectivity index (χ4n) is 3.91. The van der Waals surface area contributed by atoms with Gasteiger partial charge >= 0.3 is 5.63 Å². The van der Waals surface area contributed by atoms with Gasteiger partial charge in [0.1, 0.15) is 16.9 Å². The molecule has 0 aliphatic carbocycles. The molecule has 0 saturated heterocycles. The van der Waals surface area contributed by atoms with Crippen molar-refractivity contribution >= 4 is 21.9 Å². The fourth-order valence-corrected chi connectivity index (χ4v) is 3.91. The van der Waals surface area contributed by atoms with Crippen molar-refractivity contribution in [3.05, 3.63) is 69.8 Å². The second-order valence-corrected chi connectivity index (χ2v) is 7.19. The molecule has 0 aliphatic rings. The van der Waals surface area contributed by atoms with Crippen LogP contribution in [0.2, 0.25) is 0 Å². The lowest BCUT2D eigenvalue weighted by Gasteiger charge is -2.08. The maximum atomic E-state index is 12.5. The van der Waals surface area contributed by atoms with Crippen LogP contribution in [-0.4, -0.2) is 0 Å². The smallest absolute Gasteiger partial charge is 0.339 e. The monoisotopic (exact) mass is 360 g/mol. The third kappa shape index (κ3) is 3.08. The van der Waals surface area contributed by atoms with Gasteiger partial charge in [-0.15, -0.1) is 0 Å². The molecule has 138 valence electrons. The van der Waals surface area contributed by atoms with Gasteiger partial charge in [-0.25, -0.2) is 4.79 Å². The van der Waals surface area contributed by atoms with Gasteiger partial charge in [-0.1, -0.05) is 50.1 Å². The second-order valence-electron chi connectivity index (χ2n) is 7.19. The maximum Gasteiger partial charge on any atom is 0.339 e. The van der Waals surface area contributed by atoms with Crippen LogP contribution in [0.15, 0.2) is 56.1 Å². The Balaban J connectivity index is 1.94. The largest absolute Gasteiger partial charge is 0.461 e. The van der Waals surface area contributed by atoms with Gasteiger partial charge in [0.15, 0.2) is 0 Å².